The molecule has 0 unspecified atom stereocenters. The Kier molecular flexibility index (Phi) is 4.50. The molecule has 4 rings (SSSR count). The van der Waals surface area contributed by atoms with Gasteiger partial charge in [0.1, 0.15) is 11.5 Å². The Hall–Kier alpha value is -2.66. The average molecular weight is 380 g/mol. The van der Waals surface area contributed by atoms with Gasteiger partial charge in [0.15, 0.2) is 0 Å². The number of aryl methyl sites for hydroxylation is 1. The molecule has 0 bridgehead atoms. The molecule has 28 heavy (non-hydrogen) atoms. The lowest BCUT2D eigenvalue weighted by Gasteiger charge is -2.33. The highest BCUT2D eigenvalue weighted by atomic mass is 16.5. The van der Waals surface area contributed by atoms with Gasteiger partial charge in [-0.25, -0.2) is 4.79 Å². The van der Waals surface area contributed by atoms with Gasteiger partial charge >= 0.3 is 11.9 Å². The molecule has 2 aliphatic rings. The normalized spacial score (nSPS) is 24.8. The Morgan fingerprint density at radius 1 is 1.00 bits per heavy atom. The van der Waals surface area contributed by atoms with Crippen LogP contribution in [0.25, 0.3) is 0 Å². The average Bonchev–Trinajstić information content (AvgIpc) is 3.39. The topological polar surface area (TPSA) is 61.8 Å². The first-order valence-electron chi connectivity index (χ1n) is 9.46. The molecule has 0 amide bonds. The van der Waals surface area contributed by atoms with Crippen molar-refractivity contribution in [3.8, 4) is 0 Å². The maximum Gasteiger partial charge on any atom is 0.337 e. The number of carbonyl (C=O) groups is 2. The fraction of sp³-hybridized carbons (Fsp3) is 0.391. The second-order valence-corrected chi connectivity index (χ2v) is 7.75. The van der Waals surface area contributed by atoms with E-state index in [1.165, 1.54) is 14.2 Å². The van der Waals surface area contributed by atoms with E-state index >= 15 is 0 Å². The summed E-state index contributed by atoms with van der Waals surface area (Å²) in [7, 11) is 2.78. The molecule has 1 heterocycles. The van der Waals surface area contributed by atoms with Gasteiger partial charge < -0.3 is 14.2 Å². The minimum absolute atomic E-state index is 0.276. The molecular formula is C23H24O5. The molecule has 2 aromatic rings. The van der Waals surface area contributed by atoms with Crippen LogP contribution in [0.4, 0.5) is 0 Å². The van der Waals surface area contributed by atoms with E-state index < -0.39 is 17.5 Å². The maximum atomic E-state index is 13.2. The van der Waals surface area contributed by atoms with Crippen molar-refractivity contribution < 1.29 is 23.8 Å². The largest absolute Gasteiger partial charge is 0.468 e. The first-order valence-corrected chi connectivity index (χ1v) is 9.46. The van der Waals surface area contributed by atoms with Crippen molar-refractivity contribution in [1.29, 1.82) is 0 Å². The molecule has 2 atom stereocenters. The standard InChI is InChI=1S/C23H24O5/c1-15-6-4-5-7-18(15)23(21(25)27-3)14-22(12-13-22)28-19(23)16-8-10-17(11-9-16)20(24)26-2/h4-11,19H,12-14H2,1-3H3/t19-,23+/m0/s1. The summed E-state index contributed by atoms with van der Waals surface area (Å²) >= 11 is 0. The second kappa shape index (κ2) is 6.74. The van der Waals surface area contributed by atoms with Gasteiger partial charge in [0.25, 0.3) is 0 Å². The smallest absolute Gasteiger partial charge is 0.337 e. The maximum absolute atomic E-state index is 13.2. The summed E-state index contributed by atoms with van der Waals surface area (Å²) in [5.41, 5.74) is 2.10. The Balaban J connectivity index is 1.85. The third-order valence-corrected chi connectivity index (χ3v) is 6.03. The van der Waals surface area contributed by atoms with Crippen LogP contribution in [0, 0.1) is 6.92 Å². The van der Waals surface area contributed by atoms with Crippen molar-refractivity contribution >= 4 is 11.9 Å². The molecule has 0 N–H and O–H groups in total. The molecule has 1 aliphatic carbocycles. The van der Waals surface area contributed by atoms with Crippen LogP contribution >= 0.6 is 0 Å². The highest BCUT2D eigenvalue weighted by Gasteiger charge is 2.66. The van der Waals surface area contributed by atoms with Crippen molar-refractivity contribution in [3.05, 3.63) is 70.8 Å². The van der Waals surface area contributed by atoms with Crippen LogP contribution in [0.3, 0.4) is 0 Å². The third-order valence-electron chi connectivity index (χ3n) is 6.03. The Morgan fingerprint density at radius 3 is 2.25 bits per heavy atom. The Labute approximate surface area is 164 Å². The van der Waals surface area contributed by atoms with E-state index in [1.807, 2.05) is 43.3 Å². The van der Waals surface area contributed by atoms with Crippen LogP contribution in [0.2, 0.25) is 0 Å². The van der Waals surface area contributed by atoms with Crippen molar-refractivity contribution in [3.63, 3.8) is 0 Å². The molecule has 2 aromatic carbocycles. The number of carbonyl (C=O) groups excluding carboxylic acids is 2. The van der Waals surface area contributed by atoms with E-state index in [9.17, 15) is 9.59 Å². The van der Waals surface area contributed by atoms with Crippen LogP contribution < -0.4 is 0 Å². The number of rotatable bonds is 4. The summed E-state index contributed by atoms with van der Waals surface area (Å²) in [5.74, 6) is -0.677. The van der Waals surface area contributed by atoms with Gasteiger partial charge in [0, 0.05) is 0 Å². The van der Waals surface area contributed by atoms with E-state index in [2.05, 4.69) is 0 Å². The zero-order valence-electron chi connectivity index (χ0n) is 16.4. The number of esters is 2. The zero-order chi connectivity index (χ0) is 19.9. The van der Waals surface area contributed by atoms with E-state index in [0.29, 0.717) is 12.0 Å². The summed E-state index contributed by atoms with van der Waals surface area (Å²) in [5, 5.41) is 0. The molecule has 2 fully saturated rings. The summed E-state index contributed by atoms with van der Waals surface area (Å²) < 4.78 is 16.6. The first-order chi connectivity index (χ1) is 13.5. The molecule has 1 saturated carbocycles. The van der Waals surface area contributed by atoms with Crippen molar-refractivity contribution in [2.45, 2.75) is 43.3 Å². The van der Waals surface area contributed by atoms with E-state index in [1.54, 1.807) is 12.1 Å². The SMILES string of the molecule is COC(=O)c1ccc([C@@H]2OC3(CC3)C[C@@]2(C(=O)OC)c2ccccc2C)cc1. The third kappa shape index (κ3) is 2.81. The molecule has 0 aromatic heterocycles. The summed E-state index contributed by atoms with van der Waals surface area (Å²) in [6, 6.07) is 15.0. The molecule has 0 radical (unpaired) electrons. The van der Waals surface area contributed by atoms with Gasteiger partial charge in [-0.1, -0.05) is 36.4 Å². The lowest BCUT2D eigenvalue weighted by Crippen LogP contribution is -2.40. The zero-order valence-corrected chi connectivity index (χ0v) is 16.4. The highest BCUT2D eigenvalue weighted by Crippen LogP contribution is 2.63. The van der Waals surface area contributed by atoms with E-state index in [0.717, 1.165) is 29.5 Å². The predicted molar refractivity (Wildman–Crippen MR) is 103 cm³/mol. The molecular weight excluding hydrogens is 356 g/mol. The minimum atomic E-state index is -0.913. The fourth-order valence-electron chi connectivity index (χ4n) is 4.47. The highest BCUT2D eigenvalue weighted by molar-refractivity contribution is 5.89. The number of hydrogen-bond acceptors (Lipinski definition) is 5. The Bertz CT molecular complexity index is 913. The minimum Gasteiger partial charge on any atom is -0.468 e. The summed E-state index contributed by atoms with van der Waals surface area (Å²) in [6.07, 6.45) is 2.00. The van der Waals surface area contributed by atoms with Crippen molar-refractivity contribution in [1.82, 2.24) is 0 Å². The van der Waals surface area contributed by atoms with Gasteiger partial charge in [-0.05, 0) is 55.0 Å². The summed E-state index contributed by atoms with van der Waals surface area (Å²) in [6.45, 7) is 2.01. The molecule has 5 heteroatoms. The number of methoxy groups -OCH3 is 2. The lowest BCUT2D eigenvalue weighted by atomic mass is 9.70. The number of ether oxygens (including phenoxy) is 3. The van der Waals surface area contributed by atoms with Crippen LogP contribution in [-0.2, 0) is 24.4 Å². The molecule has 5 nitrogen and oxygen atoms in total. The van der Waals surface area contributed by atoms with Gasteiger partial charge in [0.05, 0.1) is 25.4 Å². The molecule has 1 saturated heterocycles. The predicted octanol–water partition coefficient (Wildman–Crippen LogP) is 3.89. The van der Waals surface area contributed by atoms with E-state index in [4.69, 9.17) is 14.2 Å². The molecule has 1 spiro atoms. The van der Waals surface area contributed by atoms with Crippen LogP contribution in [-0.4, -0.2) is 31.8 Å². The van der Waals surface area contributed by atoms with Gasteiger partial charge in [0.2, 0.25) is 0 Å². The monoisotopic (exact) mass is 380 g/mol. The van der Waals surface area contributed by atoms with Crippen LogP contribution in [0.5, 0.6) is 0 Å². The fourth-order valence-corrected chi connectivity index (χ4v) is 4.47. The van der Waals surface area contributed by atoms with Gasteiger partial charge in [-0.2, -0.15) is 0 Å². The van der Waals surface area contributed by atoms with Crippen molar-refractivity contribution in [2.75, 3.05) is 14.2 Å². The van der Waals surface area contributed by atoms with Gasteiger partial charge in [-0.15, -0.1) is 0 Å². The quantitative estimate of drug-likeness (QED) is 0.753. The lowest BCUT2D eigenvalue weighted by molar-refractivity contribution is -0.150. The summed E-state index contributed by atoms with van der Waals surface area (Å²) in [4.78, 5) is 25.0. The van der Waals surface area contributed by atoms with Crippen LogP contribution in [0.15, 0.2) is 48.5 Å². The molecule has 146 valence electrons. The number of hydrogen-bond donors (Lipinski definition) is 0. The Morgan fingerprint density at radius 2 is 1.68 bits per heavy atom. The molecule has 1 aliphatic heterocycles. The number of benzene rings is 2. The first kappa shape index (κ1) is 18.7. The van der Waals surface area contributed by atoms with Gasteiger partial charge in [-0.3, -0.25) is 4.79 Å². The second-order valence-electron chi connectivity index (χ2n) is 7.75. The van der Waals surface area contributed by atoms with E-state index in [-0.39, 0.29) is 11.6 Å². The van der Waals surface area contributed by atoms with Crippen molar-refractivity contribution in [2.24, 2.45) is 0 Å². The van der Waals surface area contributed by atoms with Crippen LogP contribution in [0.1, 0.15) is 52.4 Å².